The molecule has 2 heteroatoms. The topological polar surface area (TPSA) is 20.2 Å². The van der Waals surface area contributed by atoms with Gasteiger partial charge in [-0.25, -0.2) is 0 Å². The first-order valence-electron chi connectivity index (χ1n) is 8.03. The lowest BCUT2D eigenvalue weighted by atomic mass is 10.1. The molecule has 0 saturated heterocycles. The smallest absolute Gasteiger partial charge is 0.0431 e. The van der Waals surface area contributed by atoms with E-state index in [4.69, 9.17) is 5.11 Å². The largest absolute Gasteiger partial charge is 0.396 e. The molecule has 110 valence electrons. The Balaban J connectivity index is 2.98. The van der Waals surface area contributed by atoms with Gasteiger partial charge in [-0.1, -0.05) is 65.2 Å². The summed E-state index contributed by atoms with van der Waals surface area (Å²) in [6.45, 7) is 5.01. The summed E-state index contributed by atoms with van der Waals surface area (Å²) in [4.78, 5) is 0. The number of unbranched alkanes of at least 4 members (excludes halogenated alkanes) is 8. The molecule has 0 aliphatic heterocycles. The molecule has 0 heterocycles. The number of aliphatic hydroxyl groups excluding tert-OH is 1. The lowest BCUT2D eigenvalue weighted by molar-refractivity contribution is 0.282. The van der Waals surface area contributed by atoms with Gasteiger partial charge in [-0.2, -0.15) is 11.8 Å². The molecule has 0 aromatic rings. The first-order chi connectivity index (χ1) is 8.81. The highest BCUT2D eigenvalue weighted by atomic mass is 32.2. The maximum absolute atomic E-state index is 8.66. The van der Waals surface area contributed by atoms with Crippen LogP contribution in [-0.4, -0.2) is 22.7 Å². The molecule has 0 aromatic carbocycles. The molecule has 0 amide bonds. The molecule has 0 radical (unpaired) electrons. The molecule has 1 nitrogen and oxygen atoms in total. The maximum Gasteiger partial charge on any atom is 0.0431 e. The Hall–Kier alpha value is 0.310. The average molecular weight is 275 g/mol. The van der Waals surface area contributed by atoms with Gasteiger partial charge in [0.2, 0.25) is 0 Å². The van der Waals surface area contributed by atoms with E-state index < -0.39 is 0 Å². The molecule has 0 aliphatic rings. The van der Waals surface area contributed by atoms with E-state index in [0.717, 1.165) is 11.7 Å². The fourth-order valence-corrected chi connectivity index (χ4v) is 3.40. The summed E-state index contributed by atoms with van der Waals surface area (Å²) >= 11 is 2.15. The van der Waals surface area contributed by atoms with Gasteiger partial charge in [0.05, 0.1) is 0 Å². The molecule has 18 heavy (non-hydrogen) atoms. The zero-order valence-electron chi connectivity index (χ0n) is 12.6. The molecular formula is C16H34OS. The SMILES string of the molecule is CCCC(C)SCCCCCCCCCCCO. The summed E-state index contributed by atoms with van der Waals surface area (Å²) in [5.74, 6) is 1.36. The Morgan fingerprint density at radius 2 is 1.33 bits per heavy atom. The standard InChI is InChI=1S/C16H34OS/c1-3-13-16(2)18-15-12-10-8-6-4-5-7-9-11-14-17/h16-17H,3-15H2,1-2H3. The Bertz CT molecular complexity index is 150. The van der Waals surface area contributed by atoms with Crippen molar-refractivity contribution in [1.29, 1.82) is 0 Å². The molecule has 0 bridgehead atoms. The minimum atomic E-state index is 0.369. The van der Waals surface area contributed by atoms with Gasteiger partial charge in [0.15, 0.2) is 0 Å². The number of aliphatic hydroxyl groups is 1. The van der Waals surface area contributed by atoms with Gasteiger partial charge in [0.1, 0.15) is 0 Å². The van der Waals surface area contributed by atoms with Crippen molar-refractivity contribution < 1.29 is 5.11 Å². The number of thioether (sulfide) groups is 1. The van der Waals surface area contributed by atoms with Crippen molar-refractivity contribution in [2.75, 3.05) is 12.4 Å². The van der Waals surface area contributed by atoms with E-state index >= 15 is 0 Å². The summed E-state index contributed by atoms with van der Waals surface area (Å²) in [6, 6.07) is 0. The van der Waals surface area contributed by atoms with E-state index in [9.17, 15) is 0 Å². The fourth-order valence-electron chi connectivity index (χ4n) is 2.23. The molecule has 0 spiro atoms. The third kappa shape index (κ3) is 14.4. The van der Waals surface area contributed by atoms with E-state index in [-0.39, 0.29) is 0 Å². The first kappa shape index (κ1) is 18.3. The van der Waals surface area contributed by atoms with Crippen LogP contribution in [0, 0.1) is 0 Å². The summed E-state index contributed by atoms with van der Waals surface area (Å²) in [5.41, 5.74) is 0. The van der Waals surface area contributed by atoms with E-state index in [0.29, 0.717) is 6.61 Å². The minimum Gasteiger partial charge on any atom is -0.396 e. The quantitative estimate of drug-likeness (QED) is 0.427. The van der Waals surface area contributed by atoms with Gasteiger partial charge in [0, 0.05) is 11.9 Å². The van der Waals surface area contributed by atoms with Crippen LogP contribution >= 0.6 is 11.8 Å². The van der Waals surface area contributed by atoms with Crippen LogP contribution in [0.1, 0.15) is 84.5 Å². The number of hydrogen-bond donors (Lipinski definition) is 1. The Kier molecular flexibility index (Phi) is 15.6. The van der Waals surface area contributed by atoms with Gasteiger partial charge in [0.25, 0.3) is 0 Å². The highest BCUT2D eigenvalue weighted by molar-refractivity contribution is 7.99. The molecular weight excluding hydrogens is 240 g/mol. The molecule has 0 fully saturated rings. The summed E-state index contributed by atoms with van der Waals surface area (Å²) in [6.07, 6.45) is 14.6. The summed E-state index contributed by atoms with van der Waals surface area (Å²) in [7, 11) is 0. The van der Waals surface area contributed by atoms with Crippen molar-refractivity contribution in [1.82, 2.24) is 0 Å². The number of rotatable bonds is 14. The molecule has 0 aromatic heterocycles. The van der Waals surface area contributed by atoms with Crippen LogP contribution in [0.2, 0.25) is 0 Å². The maximum atomic E-state index is 8.66. The van der Waals surface area contributed by atoms with Crippen LogP contribution in [0.15, 0.2) is 0 Å². The zero-order valence-corrected chi connectivity index (χ0v) is 13.4. The number of hydrogen-bond acceptors (Lipinski definition) is 2. The zero-order chi connectivity index (χ0) is 13.5. The van der Waals surface area contributed by atoms with Crippen molar-refractivity contribution in [3.63, 3.8) is 0 Å². The first-order valence-corrected chi connectivity index (χ1v) is 9.08. The van der Waals surface area contributed by atoms with Crippen LogP contribution in [0.5, 0.6) is 0 Å². The van der Waals surface area contributed by atoms with Crippen LogP contribution < -0.4 is 0 Å². The van der Waals surface area contributed by atoms with Gasteiger partial charge in [-0.15, -0.1) is 0 Å². The molecule has 1 atom stereocenters. The van der Waals surface area contributed by atoms with Crippen molar-refractivity contribution in [2.24, 2.45) is 0 Å². The molecule has 0 rings (SSSR count). The fraction of sp³-hybridized carbons (Fsp3) is 1.00. The second kappa shape index (κ2) is 15.4. The average Bonchev–Trinajstić information content (AvgIpc) is 2.36. The Labute approximate surface area is 119 Å². The van der Waals surface area contributed by atoms with Crippen LogP contribution in [0.4, 0.5) is 0 Å². The molecule has 0 saturated carbocycles. The molecule has 1 N–H and O–H groups in total. The van der Waals surface area contributed by atoms with Gasteiger partial charge in [-0.05, 0) is 25.0 Å². The third-order valence-electron chi connectivity index (χ3n) is 3.40. The predicted molar refractivity (Wildman–Crippen MR) is 85.5 cm³/mol. The van der Waals surface area contributed by atoms with Crippen molar-refractivity contribution in [3.05, 3.63) is 0 Å². The van der Waals surface area contributed by atoms with Gasteiger partial charge in [-0.3, -0.25) is 0 Å². The van der Waals surface area contributed by atoms with Crippen molar-refractivity contribution in [2.45, 2.75) is 89.7 Å². The molecule has 0 aliphatic carbocycles. The lowest BCUT2D eigenvalue weighted by Crippen LogP contribution is -1.96. The third-order valence-corrected chi connectivity index (χ3v) is 4.73. The van der Waals surface area contributed by atoms with E-state index in [1.54, 1.807) is 0 Å². The highest BCUT2D eigenvalue weighted by Crippen LogP contribution is 2.18. The molecule has 1 unspecified atom stereocenters. The van der Waals surface area contributed by atoms with Gasteiger partial charge < -0.3 is 5.11 Å². The predicted octanol–water partition coefficient (Wildman–Crippen LogP) is 5.41. The second-order valence-corrected chi connectivity index (χ2v) is 6.92. The van der Waals surface area contributed by atoms with Gasteiger partial charge >= 0.3 is 0 Å². The lowest BCUT2D eigenvalue weighted by Gasteiger charge is -2.09. The van der Waals surface area contributed by atoms with Crippen LogP contribution in [-0.2, 0) is 0 Å². The second-order valence-electron chi connectivity index (χ2n) is 5.38. The van der Waals surface area contributed by atoms with Crippen LogP contribution in [0.3, 0.4) is 0 Å². The van der Waals surface area contributed by atoms with Crippen LogP contribution in [0.25, 0.3) is 0 Å². The minimum absolute atomic E-state index is 0.369. The van der Waals surface area contributed by atoms with E-state index in [1.165, 1.54) is 70.0 Å². The van der Waals surface area contributed by atoms with Crippen molar-refractivity contribution >= 4 is 11.8 Å². The Morgan fingerprint density at radius 1 is 0.833 bits per heavy atom. The monoisotopic (exact) mass is 274 g/mol. The summed E-state index contributed by atoms with van der Waals surface area (Å²) in [5, 5.41) is 9.52. The highest BCUT2D eigenvalue weighted by Gasteiger charge is 2.00. The van der Waals surface area contributed by atoms with E-state index in [2.05, 4.69) is 25.6 Å². The Morgan fingerprint density at radius 3 is 1.83 bits per heavy atom. The normalized spacial score (nSPS) is 12.8. The summed E-state index contributed by atoms with van der Waals surface area (Å²) < 4.78 is 0. The van der Waals surface area contributed by atoms with E-state index in [1.807, 2.05) is 0 Å². The van der Waals surface area contributed by atoms with Crippen molar-refractivity contribution in [3.8, 4) is 0 Å².